The fourth-order valence-corrected chi connectivity index (χ4v) is 1.93. The fraction of sp³-hybridized carbons (Fsp3) is 0. The van der Waals surface area contributed by atoms with Crippen molar-refractivity contribution in [3.8, 4) is 16.9 Å². The molecule has 0 aliphatic heterocycles. The van der Waals surface area contributed by atoms with Crippen molar-refractivity contribution in [1.29, 1.82) is 0 Å². The third-order valence-corrected chi connectivity index (χ3v) is 2.85. The van der Waals surface area contributed by atoms with Crippen LogP contribution in [0.3, 0.4) is 0 Å². The van der Waals surface area contributed by atoms with E-state index in [4.69, 9.17) is 0 Å². The van der Waals surface area contributed by atoms with E-state index >= 15 is 0 Å². The number of nitro benzene ring substituents is 1. The maximum absolute atomic E-state index is 10.9. The molecule has 1 N–H and O–H groups in total. The Morgan fingerprint density at radius 1 is 1.12 bits per heavy atom. The number of thiol groups is 1. The number of phenols is 1. The van der Waals surface area contributed by atoms with E-state index in [2.05, 4.69) is 12.6 Å². The van der Waals surface area contributed by atoms with Crippen LogP contribution in [0.2, 0.25) is 0 Å². The van der Waals surface area contributed by atoms with Crippen LogP contribution in [0.25, 0.3) is 11.1 Å². The predicted molar refractivity (Wildman–Crippen MR) is 67.4 cm³/mol. The molecule has 0 aliphatic carbocycles. The van der Waals surface area contributed by atoms with Crippen molar-refractivity contribution in [3.05, 3.63) is 52.6 Å². The summed E-state index contributed by atoms with van der Waals surface area (Å²) in [7, 11) is 0. The molecule has 0 amide bonds. The molecule has 2 aromatic rings. The number of phenolic OH excluding ortho intramolecular Hbond substituents is 1. The van der Waals surface area contributed by atoms with Gasteiger partial charge in [0.15, 0.2) is 0 Å². The summed E-state index contributed by atoms with van der Waals surface area (Å²) in [5, 5.41) is 20.5. The molecule has 0 radical (unpaired) electrons. The average molecular weight is 247 g/mol. The molecule has 0 atom stereocenters. The highest BCUT2D eigenvalue weighted by Gasteiger charge is 2.20. The van der Waals surface area contributed by atoms with Gasteiger partial charge in [0.2, 0.25) is 0 Å². The van der Waals surface area contributed by atoms with Crippen molar-refractivity contribution in [2.24, 2.45) is 0 Å². The molecule has 0 saturated carbocycles. The predicted octanol–water partition coefficient (Wildman–Crippen LogP) is 3.26. The van der Waals surface area contributed by atoms with Crippen LogP contribution in [0.1, 0.15) is 0 Å². The maximum Gasteiger partial charge on any atom is 0.278 e. The van der Waals surface area contributed by atoms with Crippen molar-refractivity contribution >= 4 is 18.3 Å². The molecule has 0 saturated heterocycles. The lowest BCUT2D eigenvalue weighted by Gasteiger charge is -2.07. The summed E-state index contributed by atoms with van der Waals surface area (Å²) in [6.07, 6.45) is 0. The van der Waals surface area contributed by atoms with Gasteiger partial charge in [-0.25, -0.2) is 0 Å². The van der Waals surface area contributed by atoms with Crippen molar-refractivity contribution in [2.75, 3.05) is 0 Å². The molecule has 0 aromatic heterocycles. The molecule has 5 heteroatoms. The van der Waals surface area contributed by atoms with E-state index in [9.17, 15) is 15.2 Å². The summed E-state index contributed by atoms with van der Waals surface area (Å²) < 4.78 is 0. The maximum atomic E-state index is 10.9. The van der Waals surface area contributed by atoms with Crippen LogP contribution >= 0.6 is 12.6 Å². The Bertz CT molecular complexity index is 569. The summed E-state index contributed by atoms with van der Waals surface area (Å²) in [5.74, 6) is -0.0715. The van der Waals surface area contributed by atoms with E-state index < -0.39 is 4.92 Å². The minimum atomic E-state index is -0.485. The Balaban J connectivity index is 2.74. The minimum absolute atomic E-state index is 0.0704. The van der Waals surface area contributed by atoms with Crippen LogP contribution < -0.4 is 0 Å². The van der Waals surface area contributed by atoms with E-state index in [-0.39, 0.29) is 16.3 Å². The highest BCUT2D eigenvalue weighted by atomic mass is 32.1. The van der Waals surface area contributed by atoms with E-state index in [1.807, 2.05) is 6.07 Å². The fourth-order valence-electron chi connectivity index (χ4n) is 1.61. The SMILES string of the molecule is O=[N+]([O-])c1ccc(O)c(S)c1-c1ccccc1. The first-order chi connectivity index (χ1) is 8.11. The van der Waals surface area contributed by atoms with Crippen LogP contribution in [0.15, 0.2) is 47.4 Å². The van der Waals surface area contributed by atoms with E-state index in [0.717, 1.165) is 0 Å². The van der Waals surface area contributed by atoms with Gasteiger partial charge in [-0.05, 0) is 11.6 Å². The molecular weight excluding hydrogens is 238 g/mol. The Kier molecular flexibility index (Phi) is 3.01. The number of hydrogen-bond donors (Lipinski definition) is 2. The van der Waals surface area contributed by atoms with Crippen LogP contribution in [0.4, 0.5) is 5.69 Å². The first-order valence-corrected chi connectivity index (χ1v) is 5.30. The Morgan fingerprint density at radius 2 is 1.76 bits per heavy atom. The van der Waals surface area contributed by atoms with Gasteiger partial charge in [0, 0.05) is 6.07 Å². The number of nitro groups is 1. The van der Waals surface area contributed by atoms with Gasteiger partial charge >= 0.3 is 0 Å². The van der Waals surface area contributed by atoms with Gasteiger partial charge in [0.25, 0.3) is 5.69 Å². The second-order valence-corrected chi connectivity index (χ2v) is 3.90. The average Bonchev–Trinajstić information content (AvgIpc) is 2.33. The standard InChI is InChI=1S/C12H9NO3S/c14-10-7-6-9(13(15)16)11(12(10)17)8-4-2-1-3-5-8/h1-7,14,17H. The molecule has 2 aromatic carbocycles. The lowest BCUT2D eigenvalue weighted by Crippen LogP contribution is -1.93. The van der Waals surface area contributed by atoms with Gasteiger partial charge in [-0.1, -0.05) is 30.3 Å². The molecule has 0 fully saturated rings. The second kappa shape index (κ2) is 4.47. The third kappa shape index (κ3) is 2.09. The van der Waals surface area contributed by atoms with Crippen LogP contribution in [0.5, 0.6) is 5.75 Å². The first kappa shape index (κ1) is 11.5. The van der Waals surface area contributed by atoms with Gasteiger partial charge in [0.05, 0.1) is 15.4 Å². The summed E-state index contributed by atoms with van der Waals surface area (Å²) in [4.78, 5) is 10.7. The highest BCUT2D eigenvalue weighted by Crippen LogP contribution is 2.39. The lowest BCUT2D eigenvalue weighted by atomic mass is 10.0. The summed E-state index contributed by atoms with van der Waals surface area (Å²) in [6.45, 7) is 0. The number of benzene rings is 2. The van der Waals surface area contributed by atoms with Gasteiger partial charge in [-0.3, -0.25) is 10.1 Å². The zero-order valence-electron chi connectivity index (χ0n) is 8.70. The Hall–Kier alpha value is -2.01. The van der Waals surface area contributed by atoms with E-state index in [1.54, 1.807) is 24.3 Å². The number of aromatic hydroxyl groups is 1. The number of nitrogens with zero attached hydrogens (tertiary/aromatic N) is 1. The zero-order chi connectivity index (χ0) is 12.4. The molecule has 0 unspecified atom stereocenters. The third-order valence-electron chi connectivity index (χ3n) is 2.39. The summed E-state index contributed by atoms with van der Waals surface area (Å²) in [5.41, 5.74) is 0.915. The lowest BCUT2D eigenvalue weighted by molar-refractivity contribution is -0.384. The minimum Gasteiger partial charge on any atom is -0.507 e. The molecule has 2 rings (SSSR count). The topological polar surface area (TPSA) is 63.4 Å². The van der Waals surface area contributed by atoms with Crippen molar-refractivity contribution in [1.82, 2.24) is 0 Å². The Labute approximate surface area is 103 Å². The highest BCUT2D eigenvalue weighted by molar-refractivity contribution is 7.80. The summed E-state index contributed by atoms with van der Waals surface area (Å²) >= 11 is 4.13. The second-order valence-electron chi connectivity index (χ2n) is 3.45. The smallest absolute Gasteiger partial charge is 0.278 e. The van der Waals surface area contributed by atoms with Crippen LogP contribution in [-0.2, 0) is 0 Å². The summed E-state index contributed by atoms with van der Waals surface area (Å²) in [6, 6.07) is 11.4. The molecule has 17 heavy (non-hydrogen) atoms. The van der Waals surface area contributed by atoms with Gasteiger partial charge in [-0.15, -0.1) is 12.6 Å². The number of hydrogen-bond acceptors (Lipinski definition) is 4. The van der Waals surface area contributed by atoms with Gasteiger partial charge in [-0.2, -0.15) is 0 Å². The largest absolute Gasteiger partial charge is 0.507 e. The first-order valence-electron chi connectivity index (χ1n) is 4.86. The monoisotopic (exact) mass is 247 g/mol. The zero-order valence-corrected chi connectivity index (χ0v) is 9.59. The molecule has 0 spiro atoms. The van der Waals surface area contributed by atoms with Crippen molar-refractivity contribution in [2.45, 2.75) is 4.90 Å². The molecule has 86 valence electrons. The van der Waals surface area contributed by atoms with Crippen LogP contribution in [-0.4, -0.2) is 10.0 Å². The van der Waals surface area contributed by atoms with Crippen molar-refractivity contribution in [3.63, 3.8) is 0 Å². The molecule has 0 bridgehead atoms. The molecule has 0 heterocycles. The van der Waals surface area contributed by atoms with Gasteiger partial charge < -0.3 is 5.11 Å². The molecule has 4 nitrogen and oxygen atoms in total. The molecule has 0 aliphatic rings. The molecular formula is C12H9NO3S. The van der Waals surface area contributed by atoms with Crippen molar-refractivity contribution < 1.29 is 10.0 Å². The normalized spacial score (nSPS) is 10.2. The quantitative estimate of drug-likeness (QED) is 0.486. The van der Waals surface area contributed by atoms with Crippen LogP contribution in [0, 0.1) is 10.1 Å². The van der Waals surface area contributed by atoms with E-state index in [1.165, 1.54) is 12.1 Å². The van der Waals surface area contributed by atoms with Gasteiger partial charge in [0.1, 0.15) is 5.75 Å². The Morgan fingerprint density at radius 3 is 2.35 bits per heavy atom. The van der Waals surface area contributed by atoms with E-state index in [0.29, 0.717) is 11.1 Å². The number of rotatable bonds is 2.